The van der Waals surface area contributed by atoms with E-state index in [-0.39, 0.29) is 12.2 Å². The molecule has 0 spiro atoms. The van der Waals surface area contributed by atoms with Gasteiger partial charge in [0.2, 0.25) is 0 Å². The molecule has 0 radical (unpaired) electrons. The first-order valence-corrected chi connectivity index (χ1v) is 6.89. The zero-order valence-corrected chi connectivity index (χ0v) is 11.7. The Morgan fingerprint density at radius 1 is 1.05 bits per heavy atom. The summed E-state index contributed by atoms with van der Waals surface area (Å²) in [6.45, 7) is 1.37. The third-order valence-electron chi connectivity index (χ3n) is 3.24. The summed E-state index contributed by atoms with van der Waals surface area (Å²) in [7, 11) is 0. The van der Waals surface area contributed by atoms with Gasteiger partial charge in [0, 0.05) is 6.54 Å². The molecule has 110 valence electrons. The van der Waals surface area contributed by atoms with Crippen molar-refractivity contribution in [2.45, 2.75) is 19.4 Å². The van der Waals surface area contributed by atoms with Gasteiger partial charge in [-0.15, -0.1) is 0 Å². The molecule has 2 aromatic carbocycles. The van der Waals surface area contributed by atoms with E-state index in [4.69, 9.17) is 5.11 Å². The summed E-state index contributed by atoms with van der Waals surface area (Å²) >= 11 is 0. The lowest BCUT2D eigenvalue weighted by molar-refractivity contribution is -0.136. The lowest BCUT2D eigenvalue weighted by Gasteiger charge is -2.06. The Hall–Kier alpha value is -2.20. The summed E-state index contributed by atoms with van der Waals surface area (Å²) in [4.78, 5) is 10.6. The molecule has 3 nitrogen and oxygen atoms in total. The van der Waals surface area contributed by atoms with Crippen molar-refractivity contribution >= 4 is 5.97 Å². The van der Waals surface area contributed by atoms with Crippen LogP contribution in [0.25, 0.3) is 0 Å². The Kier molecular flexibility index (Phi) is 5.46. The molecule has 4 heteroatoms. The van der Waals surface area contributed by atoms with E-state index >= 15 is 0 Å². The molecule has 0 heterocycles. The summed E-state index contributed by atoms with van der Waals surface area (Å²) < 4.78 is 13.4. The van der Waals surface area contributed by atoms with Crippen LogP contribution in [-0.2, 0) is 24.2 Å². The van der Waals surface area contributed by atoms with Gasteiger partial charge >= 0.3 is 5.97 Å². The second-order valence-electron chi connectivity index (χ2n) is 4.91. The summed E-state index contributed by atoms with van der Waals surface area (Å²) in [5.74, 6) is -0.997. The topological polar surface area (TPSA) is 49.3 Å². The van der Waals surface area contributed by atoms with E-state index < -0.39 is 5.97 Å². The molecule has 2 N–H and O–H groups in total. The Morgan fingerprint density at radius 3 is 2.38 bits per heavy atom. The van der Waals surface area contributed by atoms with E-state index in [2.05, 4.69) is 5.32 Å². The van der Waals surface area contributed by atoms with Crippen molar-refractivity contribution in [1.29, 1.82) is 0 Å². The molecular formula is C17H18FNO2. The fourth-order valence-electron chi connectivity index (χ4n) is 2.11. The van der Waals surface area contributed by atoms with Gasteiger partial charge in [-0.25, -0.2) is 4.39 Å². The van der Waals surface area contributed by atoms with Gasteiger partial charge in [0.25, 0.3) is 0 Å². The van der Waals surface area contributed by atoms with Crippen molar-refractivity contribution in [3.05, 3.63) is 71.0 Å². The second-order valence-corrected chi connectivity index (χ2v) is 4.91. The summed E-state index contributed by atoms with van der Waals surface area (Å²) in [5.41, 5.74) is 2.58. The van der Waals surface area contributed by atoms with Crippen molar-refractivity contribution in [2.75, 3.05) is 6.54 Å². The van der Waals surface area contributed by atoms with E-state index in [0.29, 0.717) is 25.1 Å². The molecule has 2 rings (SSSR count). The van der Waals surface area contributed by atoms with Gasteiger partial charge in [-0.2, -0.15) is 0 Å². The van der Waals surface area contributed by atoms with E-state index in [0.717, 1.165) is 11.1 Å². The zero-order chi connectivity index (χ0) is 15.1. The van der Waals surface area contributed by atoms with Crippen molar-refractivity contribution in [1.82, 2.24) is 5.32 Å². The second kappa shape index (κ2) is 7.55. The predicted molar refractivity (Wildman–Crippen MR) is 79.6 cm³/mol. The van der Waals surface area contributed by atoms with Gasteiger partial charge in [-0.1, -0.05) is 42.5 Å². The van der Waals surface area contributed by atoms with E-state index in [9.17, 15) is 9.18 Å². The molecule has 0 aliphatic rings. The van der Waals surface area contributed by atoms with Crippen LogP contribution < -0.4 is 5.32 Å². The minimum absolute atomic E-state index is 0.0427. The summed E-state index contributed by atoms with van der Waals surface area (Å²) in [6, 6.07) is 14.2. The SMILES string of the molecule is O=C(O)Cc1ccc(CNCCc2ccccc2F)cc1. The quantitative estimate of drug-likeness (QED) is 0.770. The predicted octanol–water partition coefficient (Wildman–Crippen LogP) is 2.79. The van der Waals surface area contributed by atoms with Crippen molar-refractivity contribution in [3.63, 3.8) is 0 Å². The molecule has 0 bridgehead atoms. The fourth-order valence-corrected chi connectivity index (χ4v) is 2.11. The lowest BCUT2D eigenvalue weighted by Crippen LogP contribution is -2.17. The standard InChI is InChI=1S/C17H18FNO2/c18-16-4-2-1-3-15(16)9-10-19-12-14-7-5-13(6-8-14)11-17(20)21/h1-8,19H,9-12H2,(H,20,21). The Labute approximate surface area is 123 Å². The summed E-state index contributed by atoms with van der Waals surface area (Å²) in [5, 5.41) is 12.0. The zero-order valence-electron chi connectivity index (χ0n) is 11.7. The minimum atomic E-state index is -0.828. The summed E-state index contributed by atoms with van der Waals surface area (Å²) in [6.07, 6.45) is 0.685. The number of nitrogens with one attached hydrogen (secondary N) is 1. The number of rotatable bonds is 7. The maximum absolute atomic E-state index is 13.4. The van der Waals surface area contributed by atoms with Gasteiger partial charge in [-0.3, -0.25) is 4.79 Å². The van der Waals surface area contributed by atoms with Crippen LogP contribution in [0, 0.1) is 5.82 Å². The first-order valence-electron chi connectivity index (χ1n) is 6.89. The Bertz CT molecular complexity index is 596. The third-order valence-corrected chi connectivity index (χ3v) is 3.24. The number of aliphatic carboxylic acids is 1. The highest BCUT2D eigenvalue weighted by molar-refractivity contribution is 5.70. The van der Waals surface area contributed by atoms with Crippen LogP contribution >= 0.6 is 0 Å². The number of carboxylic acids is 1. The average molecular weight is 287 g/mol. The number of carboxylic acid groups (broad SMARTS) is 1. The maximum Gasteiger partial charge on any atom is 0.307 e. The number of benzene rings is 2. The number of hydrogen-bond acceptors (Lipinski definition) is 2. The van der Waals surface area contributed by atoms with Crippen LogP contribution in [0.3, 0.4) is 0 Å². The van der Waals surface area contributed by atoms with Crippen LogP contribution in [0.2, 0.25) is 0 Å². The molecular weight excluding hydrogens is 269 g/mol. The smallest absolute Gasteiger partial charge is 0.307 e. The van der Waals surface area contributed by atoms with Gasteiger partial charge in [0.05, 0.1) is 6.42 Å². The van der Waals surface area contributed by atoms with Gasteiger partial charge in [0.1, 0.15) is 5.82 Å². The van der Waals surface area contributed by atoms with Crippen molar-refractivity contribution < 1.29 is 14.3 Å². The largest absolute Gasteiger partial charge is 0.481 e. The van der Waals surface area contributed by atoms with Gasteiger partial charge < -0.3 is 10.4 Å². The molecule has 0 unspecified atom stereocenters. The van der Waals surface area contributed by atoms with Gasteiger partial charge in [-0.05, 0) is 35.7 Å². The molecule has 0 atom stereocenters. The van der Waals surface area contributed by atoms with E-state index in [1.54, 1.807) is 12.1 Å². The molecule has 0 aromatic heterocycles. The molecule has 2 aromatic rings. The van der Waals surface area contributed by atoms with Crippen molar-refractivity contribution in [3.8, 4) is 0 Å². The lowest BCUT2D eigenvalue weighted by atomic mass is 10.1. The monoisotopic (exact) mass is 287 g/mol. The van der Waals surface area contributed by atoms with Crippen LogP contribution in [-0.4, -0.2) is 17.6 Å². The Balaban J connectivity index is 1.76. The number of halogens is 1. The first-order chi connectivity index (χ1) is 10.1. The minimum Gasteiger partial charge on any atom is -0.481 e. The van der Waals surface area contributed by atoms with Crippen LogP contribution in [0.5, 0.6) is 0 Å². The van der Waals surface area contributed by atoms with E-state index in [1.807, 2.05) is 30.3 Å². The normalized spacial score (nSPS) is 10.5. The first kappa shape index (κ1) is 15.2. The third kappa shape index (κ3) is 5.00. The van der Waals surface area contributed by atoms with Crippen molar-refractivity contribution in [2.24, 2.45) is 0 Å². The van der Waals surface area contributed by atoms with Gasteiger partial charge in [0.15, 0.2) is 0 Å². The molecule has 0 saturated carbocycles. The van der Waals surface area contributed by atoms with E-state index in [1.165, 1.54) is 6.07 Å². The molecule has 21 heavy (non-hydrogen) atoms. The van der Waals surface area contributed by atoms with Crippen LogP contribution in [0.4, 0.5) is 4.39 Å². The molecule has 0 fully saturated rings. The number of carbonyl (C=O) groups is 1. The maximum atomic E-state index is 13.4. The highest BCUT2D eigenvalue weighted by Gasteiger charge is 2.01. The average Bonchev–Trinajstić information content (AvgIpc) is 2.46. The number of hydrogen-bond donors (Lipinski definition) is 2. The Morgan fingerprint density at radius 2 is 1.71 bits per heavy atom. The highest BCUT2D eigenvalue weighted by atomic mass is 19.1. The fraction of sp³-hybridized carbons (Fsp3) is 0.235. The highest BCUT2D eigenvalue weighted by Crippen LogP contribution is 2.07. The molecule has 0 amide bonds. The van der Waals surface area contributed by atoms with Crippen LogP contribution in [0.15, 0.2) is 48.5 Å². The molecule has 0 aliphatic heterocycles. The molecule has 0 saturated heterocycles. The molecule has 0 aliphatic carbocycles. The van der Waals surface area contributed by atoms with Crippen LogP contribution in [0.1, 0.15) is 16.7 Å².